The van der Waals surface area contributed by atoms with Crippen molar-refractivity contribution >= 4 is 17.7 Å². The van der Waals surface area contributed by atoms with Crippen molar-refractivity contribution in [1.82, 2.24) is 14.8 Å². The largest absolute Gasteiger partial charge is 0.462 e. The van der Waals surface area contributed by atoms with Crippen molar-refractivity contribution in [3.8, 4) is 0 Å². The number of carbonyl (C=O) groups excluding carboxylic acids is 2. The summed E-state index contributed by atoms with van der Waals surface area (Å²) in [4.78, 5) is 27.7. The number of pyridine rings is 1. The second-order valence-electron chi connectivity index (χ2n) is 3.92. The van der Waals surface area contributed by atoms with E-state index in [1.807, 2.05) is 0 Å². The van der Waals surface area contributed by atoms with E-state index in [1.165, 1.54) is 17.1 Å². The topological polar surface area (TPSA) is 86.1 Å². The van der Waals surface area contributed by atoms with E-state index in [4.69, 9.17) is 4.74 Å². The lowest BCUT2D eigenvalue weighted by Crippen LogP contribution is -2.18. The molecule has 0 aliphatic heterocycles. The summed E-state index contributed by atoms with van der Waals surface area (Å²) >= 11 is 0. The van der Waals surface area contributed by atoms with Gasteiger partial charge in [-0.15, -0.1) is 0 Å². The molecular formula is C13H14N4O3. The summed E-state index contributed by atoms with van der Waals surface area (Å²) in [5, 5.41) is 6.56. The van der Waals surface area contributed by atoms with Gasteiger partial charge in [0.1, 0.15) is 17.1 Å². The summed E-state index contributed by atoms with van der Waals surface area (Å²) in [6, 6.07) is 5.00. The van der Waals surface area contributed by atoms with Gasteiger partial charge in [-0.3, -0.25) is 14.5 Å². The van der Waals surface area contributed by atoms with Gasteiger partial charge < -0.3 is 10.1 Å². The number of esters is 1. The molecule has 0 radical (unpaired) electrons. The second-order valence-corrected chi connectivity index (χ2v) is 3.92. The fourth-order valence-electron chi connectivity index (χ4n) is 1.61. The molecule has 1 N–H and O–H groups in total. The van der Waals surface area contributed by atoms with Gasteiger partial charge in [-0.2, -0.15) is 5.10 Å². The third-order valence-corrected chi connectivity index (χ3v) is 2.56. The Labute approximate surface area is 115 Å². The number of nitrogens with one attached hydrogen (secondary N) is 1. The Morgan fingerprint density at radius 3 is 2.85 bits per heavy atom. The summed E-state index contributed by atoms with van der Waals surface area (Å²) in [7, 11) is 1.62. The maximum absolute atomic E-state index is 12.0. The number of aromatic nitrogens is 3. The molecule has 0 unspecified atom stereocenters. The first-order valence-corrected chi connectivity index (χ1v) is 6.05. The highest BCUT2D eigenvalue weighted by Crippen LogP contribution is 2.16. The van der Waals surface area contributed by atoms with Gasteiger partial charge in [-0.1, -0.05) is 6.07 Å². The molecule has 0 bridgehead atoms. The number of rotatable bonds is 4. The SMILES string of the molecule is CCOC(=O)c1cnn(C)c1NC(=O)c1ccccn1. The molecule has 2 heterocycles. The van der Waals surface area contributed by atoms with E-state index in [0.717, 1.165) is 0 Å². The Balaban J connectivity index is 2.23. The first-order valence-electron chi connectivity index (χ1n) is 6.05. The highest BCUT2D eigenvalue weighted by Gasteiger charge is 2.19. The number of nitrogens with zero attached hydrogens (tertiary/aromatic N) is 3. The predicted octanol–water partition coefficient (Wildman–Crippen LogP) is 1.24. The molecule has 0 aliphatic carbocycles. The van der Waals surface area contributed by atoms with Crippen LogP contribution < -0.4 is 5.32 Å². The molecular weight excluding hydrogens is 260 g/mol. The minimum absolute atomic E-state index is 0.207. The molecule has 0 atom stereocenters. The van der Waals surface area contributed by atoms with Crippen LogP contribution in [0.1, 0.15) is 27.8 Å². The van der Waals surface area contributed by atoms with Gasteiger partial charge in [-0.05, 0) is 19.1 Å². The van der Waals surface area contributed by atoms with E-state index in [1.54, 1.807) is 32.2 Å². The van der Waals surface area contributed by atoms with Crippen LogP contribution in [0.3, 0.4) is 0 Å². The number of hydrogen-bond donors (Lipinski definition) is 1. The van der Waals surface area contributed by atoms with Crippen LogP contribution >= 0.6 is 0 Å². The summed E-state index contributed by atoms with van der Waals surface area (Å²) in [5.74, 6) is -0.671. The van der Waals surface area contributed by atoms with E-state index in [2.05, 4.69) is 15.4 Å². The molecule has 1 amide bonds. The zero-order chi connectivity index (χ0) is 14.5. The van der Waals surface area contributed by atoms with Crippen LogP contribution in [0.15, 0.2) is 30.6 Å². The number of anilines is 1. The normalized spacial score (nSPS) is 10.1. The van der Waals surface area contributed by atoms with E-state index in [0.29, 0.717) is 0 Å². The van der Waals surface area contributed by atoms with Crippen LogP contribution in [0, 0.1) is 0 Å². The molecule has 20 heavy (non-hydrogen) atoms. The van der Waals surface area contributed by atoms with Crippen molar-refractivity contribution in [1.29, 1.82) is 0 Å². The van der Waals surface area contributed by atoms with Crippen molar-refractivity contribution in [2.24, 2.45) is 7.05 Å². The molecule has 104 valence electrons. The molecule has 0 aromatic carbocycles. The third-order valence-electron chi connectivity index (χ3n) is 2.56. The minimum Gasteiger partial charge on any atom is -0.462 e. The fourth-order valence-corrected chi connectivity index (χ4v) is 1.61. The maximum Gasteiger partial charge on any atom is 0.343 e. The van der Waals surface area contributed by atoms with Crippen LogP contribution in [0.2, 0.25) is 0 Å². The molecule has 0 spiro atoms. The highest BCUT2D eigenvalue weighted by molar-refractivity contribution is 6.06. The van der Waals surface area contributed by atoms with Gasteiger partial charge >= 0.3 is 5.97 Å². The standard InChI is InChI=1S/C13H14N4O3/c1-3-20-13(19)9-8-15-17(2)11(9)16-12(18)10-6-4-5-7-14-10/h4-8H,3H2,1-2H3,(H,16,18). The van der Waals surface area contributed by atoms with Crippen LogP contribution in [0.25, 0.3) is 0 Å². The number of amides is 1. The second kappa shape index (κ2) is 5.96. The first kappa shape index (κ1) is 13.7. The molecule has 0 fully saturated rings. The van der Waals surface area contributed by atoms with E-state index in [9.17, 15) is 9.59 Å². The Morgan fingerprint density at radius 2 is 2.20 bits per heavy atom. The van der Waals surface area contributed by atoms with Gasteiger partial charge in [0.2, 0.25) is 0 Å². The number of aryl methyl sites for hydroxylation is 1. The average molecular weight is 274 g/mol. The number of ether oxygens (including phenoxy) is 1. The summed E-state index contributed by atoms with van der Waals surface area (Å²) in [6.07, 6.45) is 2.87. The van der Waals surface area contributed by atoms with Crippen molar-refractivity contribution in [3.05, 3.63) is 41.9 Å². The van der Waals surface area contributed by atoms with E-state index in [-0.39, 0.29) is 23.7 Å². The van der Waals surface area contributed by atoms with Gasteiger partial charge in [-0.25, -0.2) is 4.79 Å². The summed E-state index contributed by atoms with van der Waals surface area (Å²) in [6.45, 7) is 1.96. The highest BCUT2D eigenvalue weighted by atomic mass is 16.5. The van der Waals surface area contributed by atoms with E-state index >= 15 is 0 Å². The van der Waals surface area contributed by atoms with Gasteiger partial charge in [0.05, 0.1) is 12.8 Å². The summed E-state index contributed by atoms with van der Waals surface area (Å²) in [5.41, 5.74) is 0.460. The molecule has 0 saturated heterocycles. The molecule has 7 nitrogen and oxygen atoms in total. The van der Waals surface area contributed by atoms with Crippen molar-refractivity contribution in [3.63, 3.8) is 0 Å². The molecule has 2 rings (SSSR count). The quantitative estimate of drug-likeness (QED) is 0.848. The predicted molar refractivity (Wildman–Crippen MR) is 71.4 cm³/mol. The van der Waals surface area contributed by atoms with Crippen molar-refractivity contribution in [2.45, 2.75) is 6.92 Å². The Bertz CT molecular complexity index is 622. The van der Waals surface area contributed by atoms with Gasteiger partial charge in [0.15, 0.2) is 0 Å². The molecule has 2 aromatic rings. The van der Waals surface area contributed by atoms with Gasteiger partial charge in [0.25, 0.3) is 5.91 Å². The Kier molecular flexibility index (Phi) is 4.09. The fraction of sp³-hybridized carbons (Fsp3) is 0.231. The average Bonchev–Trinajstić information content (AvgIpc) is 2.81. The monoisotopic (exact) mass is 274 g/mol. The molecule has 0 saturated carbocycles. The first-order chi connectivity index (χ1) is 9.63. The van der Waals surface area contributed by atoms with Crippen molar-refractivity contribution in [2.75, 3.05) is 11.9 Å². The molecule has 2 aromatic heterocycles. The zero-order valence-corrected chi connectivity index (χ0v) is 11.2. The maximum atomic E-state index is 12.0. The van der Waals surface area contributed by atoms with E-state index < -0.39 is 11.9 Å². The number of hydrogen-bond acceptors (Lipinski definition) is 5. The Hall–Kier alpha value is -2.70. The van der Waals surface area contributed by atoms with Crippen LogP contribution in [-0.4, -0.2) is 33.2 Å². The lowest BCUT2D eigenvalue weighted by atomic mass is 10.3. The van der Waals surface area contributed by atoms with Crippen LogP contribution in [0.5, 0.6) is 0 Å². The van der Waals surface area contributed by atoms with Crippen LogP contribution in [0.4, 0.5) is 5.82 Å². The number of carbonyl (C=O) groups is 2. The summed E-state index contributed by atoms with van der Waals surface area (Å²) < 4.78 is 6.31. The molecule has 7 heteroatoms. The van der Waals surface area contributed by atoms with Crippen molar-refractivity contribution < 1.29 is 14.3 Å². The zero-order valence-electron chi connectivity index (χ0n) is 11.2. The van der Waals surface area contributed by atoms with Crippen LogP contribution in [-0.2, 0) is 11.8 Å². The lowest BCUT2D eigenvalue weighted by Gasteiger charge is -2.07. The third kappa shape index (κ3) is 2.82. The minimum atomic E-state index is -0.531. The smallest absolute Gasteiger partial charge is 0.343 e. The van der Waals surface area contributed by atoms with Gasteiger partial charge in [0, 0.05) is 13.2 Å². The lowest BCUT2D eigenvalue weighted by molar-refractivity contribution is 0.0527. The molecule has 0 aliphatic rings. The Morgan fingerprint density at radius 1 is 1.40 bits per heavy atom.